The van der Waals surface area contributed by atoms with Gasteiger partial charge in [0.05, 0.1) is 12.8 Å². The van der Waals surface area contributed by atoms with Gasteiger partial charge in [0.2, 0.25) is 0 Å². The second-order valence-electron chi connectivity index (χ2n) is 2.24. The van der Waals surface area contributed by atoms with Crippen LogP contribution in [0.3, 0.4) is 0 Å². The van der Waals surface area contributed by atoms with E-state index in [9.17, 15) is 4.91 Å². The Kier molecular flexibility index (Phi) is 2.33. The summed E-state index contributed by atoms with van der Waals surface area (Å²) in [4.78, 5) is 10.2. The van der Waals surface area contributed by atoms with Crippen molar-refractivity contribution in [3.63, 3.8) is 0 Å². The zero-order valence-corrected chi connectivity index (χ0v) is 6.57. The number of methoxy groups -OCH3 is 1. The molecule has 0 fully saturated rings. The van der Waals surface area contributed by atoms with E-state index in [1.165, 1.54) is 19.2 Å². The van der Waals surface area contributed by atoms with E-state index >= 15 is 0 Å². The number of anilines is 1. The summed E-state index contributed by atoms with van der Waals surface area (Å²) < 4.78 is 4.86. The number of hydrogen-bond acceptors (Lipinski definition) is 4. The zero-order chi connectivity index (χ0) is 9.14. The minimum absolute atomic E-state index is 0.104. The number of hydrogen-bond donors (Lipinski definition) is 1. The molecule has 2 radical (unpaired) electrons. The number of ether oxygens (including phenoxy) is 1. The van der Waals surface area contributed by atoms with Gasteiger partial charge >= 0.3 is 0 Å². The van der Waals surface area contributed by atoms with Crippen LogP contribution in [-0.2, 0) is 0 Å². The van der Waals surface area contributed by atoms with Crippen LogP contribution in [0, 0.1) is 4.91 Å². The van der Waals surface area contributed by atoms with Gasteiger partial charge in [-0.3, -0.25) is 0 Å². The Bertz CT molecular complexity index is 315. The van der Waals surface area contributed by atoms with E-state index < -0.39 is 0 Å². The van der Waals surface area contributed by atoms with E-state index in [2.05, 4.69) is 5.18 Å². The van der Waals surface area contributed by atoms with Crippen LogP contribution < -0.4 is 15.9 Å². The van der Waals surface area contributed by atoms with Crippen molar-refractivity contribution in [3.8, 4) is 5.75 Å². The largest absolute Gasteiger partial charge is 0.497 e. The fourth-order valence-electron chi connectivity index (χ4n) is 0.826. The summed E-state index contributed by atoms with van der Waals surface area (Å²) in [5.74, 6) is 0.469. The fourth-order valence-corrected chi connectivity index (χ4v) is 0.826. The highest BCUT2D eigenvalue weighted by molar-refractivity contribution is 6.36. The predicted octanol–water partition coefficient (Wildman–Crippen LogP) is 0.469. The first-order chi connectivity index (χ1) is 5.69. The highest BCUT2D eigenvalue weighted by Gasteiger charge is 2.04. The van der Waals surface area contributed by atoms with Crippen molar-refractivity contribution in [2.45, 2.75) is 0 Å². The van der Waals surface area contributed by atoms with Gasteiger partial charge < -0.3 is 10.5 Å². The molecule has 0 saturated heterocycles. The molecule has 1 rings (SSSR count). The van der Waals surface area contributed by atoms with Crippen molar-refractivity contribution in [1.82, 2.24) is 0 Å². The Labute approximate surface area is 71.1 Å². The molecule has 1 aromatic carbocycles. The molecule has 0 saturated carbocycles. The van der Waals surface area contributed by atoms with Crippen LogP contribution in [-0.4, -0.2) is 15.0 Å². The predicted molar refractivity (Wildman–Crippen MR) is 48.2 cm³/mol. The minimum Gasteiger partial charge on any atom is -0.497 e. The molecule has 0 aliphatic carbocycles. The average Bonchev–Trinajstić information content (AvgIpc) is 2.09. The number of nitrogens with two attached hydrogens (primary N) is 1. The molecule has 0 aromatic heterocycles. The SMILES string of the molecule is [B]c1cc(OC)cc(N=O)c1N. The first kappa shape index (κ1) is 8.58. The lowest BCUT2D eigenvalue weighted by Crippen LogP contribution is -2.09. The maximum absolute atomic E-state index is 10.2. The van der Waals surface area contributed by atoms with Gasteiger partial charge in [-0.15, -0.1) is 4.91 Å². The van der Waals surface area contributed by atoms with Crippen molar-refractivity contribution in [2.75, 3.05) is 12.8 Å². The molecular weight excluding hydrogens is 155 g/mol. The van der Waals surface area contributed by atoms with Gasteiger partial charge in [0.15, 0.2) is 0 Å². The molecule has 0 aliphatic rings. The third-order valence-electron chi connectivity index (χ3n) is 1.50. The average molecular weight is 162 g/mol. The van der Waals surface area contributed by atoms with Gasteiger partial charge in [0.25, 0.3) is 0 Å². The van der Waals surface area contributed by atoms with Gasteiger partial charge in [-0.25, -0.2) is 0 Å². The summed E-state index contributed by atoms with van der Waals surface area (Å²) in [7, 11) is 6.94. The Morgan fingerprint density at radius 3 is 2.75 bits per heavy atom. The Balaban J connectivity index is 3.28. The Morgan fingerprint density at radius 1 is 1.58 bits per heavy atom. The van der Waals surface area contributed by atoms with Crippen LogP contribution in [0.1, 0.15) is 0 Å². The van der Waals surface area contributed by atoms with Crippen LogP contribution in [0.5, 0.6) is 5.75 Å². The van der Waals surface area contributed by atoms with E-state index in [1.807, 2.05) is 0 Å². The minimum atomic E-state index is 0.104. The second kappa shape index (κ2) is 3.25. The van der Waals surface area contributed by atoms with Crippen LogP contribution >= 0.6 is 0 Å². The molecule has 0 bridgehead atoms. The third kappa shape index (κ3) is 1.39. The Hall–Kier alpha value is -1.52. The third-order valence-corrected chi connectivity index (χ3v) is 1.50. The molecule has 0 heterocycles. The molecule has 1 aromatic rings. The standard InChI is InChI=1S/C7H7BN2O2/c1-12-4-2-5(8)7(9)6(3-4)10-11/h2-3H,9H2,1H3. The smallest absolute Gasteiger partial charge is 0.133 e. The number of nitroso groups, excluding NO2 is 1. The molecular formula is C7H7BN2O2. The maximum Gasteiger partial charge on any atom is 0.133 e. The first-order valence-electron chi connectivity index (χ1n) is 3.25. The van der Waals surface area contributed by atoms with Crippen molar-refractivity contribution >= 4 is 24.7 Å². The number of rotatable bonds is 2. The fraction of sp³-hybridized carbons (Fsp3) is 0.143. The number of nitrogens with zero attached hydrogens (tertiary/aromatic N) is 1. The molecule has 5 heteroatoms. The van der Waals surface area contributed by atoms with Gasteiger partial charge in [-0.1, -0.05) is 5.46 Å². The van der Waals surface area contributed by atoms with Crippen LogP contribution in [0.15, 0.2) is 17.3 Å². The molecule has 4 nitrogen and oxygen atoms in total. The quantitative estimate of drug-likeness (QED) is 0.390. The summed E-state index contributed by atoms with van der Waals surface area (Å²) in [5, 5.41) is 2.70. The van der Waals surface area contributed by atoms with E-state index in [-0.39, 0.29) is 11.4 Å². The molecule has 12 heavy (non-hydrogen) atoms. The first-order valence-corrected chi connectivity index (χ1v) is 3.25. The molecule has 0 aliphatic heterocycles. The molecule has 0 unspecified atom stereocenters. The number of benzene rings is 1. The summed E-state index contributed by atoms with van der Waals surface area (Å²) in [5.41, 5.74) is 6.03. The lowest BCUT2D eigenvalue weighted by molar-refractivity contribution is 0.415. The molecule has 2 N–H and O–H groups in total. The summed E-state index contributed by atoms with van der Waals surface area (Å²) in [6.07, 6.45) is 0. The molecule has 0 amide bonds. The monoisotopic (exact) mass is 162 g/mol. The van der Waals surface area contributed by atoms with Crippen LogP contribution in [0.25, 0.3) is 0 Å². The van der Waals surface area contributed by atoms with E-state index in [0.717, 1.165) is 0 Å². The van der Waals surface area contributed by atoms with Crippen molar-refractivity contribution in [3.05, 3.63) is 17.0 Å². The van der Waals surface area contributed by atoms with Gasteiger partial charge in [-0.2, -0.15) is 0 Å². The van der Waals surface area contributed by atoms with E-state index in [4.69, 9.17) is 18.3 Å². The molecule has 0 spiro atoms. The summed E-state index contributed by atoms with van der Waals surface area (Å²) in [6.45, 7) is 0. The summed E-state index contributed by atoms with van der Waals surface area (Å²) >= 11 is 0. The topological polar surface area (TPSA) is 64.7 Å². The van der Waals surface area contributed by atoms with Crippen molar-refractivity contribution < 1.29 is 4.74 Å². The highest BCUT2D eigenvalue weighted by Crippen LogP contribution is 2.24. The zero-order valence-electron chi connectivity index (χ0n) is 6.57. The highest BCUT2D eigenvalue weighted by atomic mass is 16.5. The van der Waals surface area contributed by atoms with Crippen LogP contribution in [0.2, 0.25) is 0 Å². The molecule has 60 valence electrons. The van der Waals surface area contributed by atoms with Gasteiger partial charge in [0.1, 0.15) is 19.3 Å². The van der Waals surface area contributed by atoms with E-state index in [0.29, 0.717) is 11.2 Å². The normalized spacial score (nSPS) is 9.42. The van der Waals surface area contributed by atoms with Gasteiger partial charge in [0, 0.05) is 6.07 Å². The Morgan fingerprint density at radius 2 is 2.25 bits per heavy atom. The van der Waals surface area contributed by atoms with Crippen molar-refractivity contribution in [1.29, 1.82) is 0 Å². The molecule has 0 atom stereocenters. The number of nitrogen functional groups attached to an aromatic ring is 1. The maximum atomic E-state index is 10.2. The van der Waals surface area contributed by atoms with Crippen LogP contribution in [0.4, 0.5) is 11.4 Å². The van der Waals surface area contributed by atoms with E-state index in [1.54, 1.807) is 0 Å². The van der Waals surface area contributed by atoms with Gasteiger partial charge in [-0.05, 0) is 11.2 Å². The lowest BCUT2D eigenvalue weighted by Gasteiger charge is -2.05. The second-order valence-corrected chi connectivity index (χ2v) is 2.24. The lowest BCUT2D eigenvalue weighted by atomic mass is 9.93. The summed E-state index contributed by atoms with van der Waals surface area (Å²) in [6, 6.07) is 2.96. The van der Waals surface area contributed by atoms with Crippen molar-refractivity contribution in [2.24, 2.45) is 5.18 Å².